The van der Waals surface area contributed by atoms with Crippen LogP contribution in [0.15, 0.2) is 18.2 Å². The van der Waals surface area contributed by atoms with Crippen molar-refractivity contribution in [3.63, 3.8) is 0 Å². The third kappa shape index (κ3) is 7.46. The van der Waals surface area contributed by atoms with Crippen LogP contribution < -0.4 is 21.1 Å². The number of nitrogens with two attached hydrogens (primary N) is 1. The number of benzene rings is 1. The summed E-state index contributed by atoms with van der Waals surface area (Å²) >= 11 is 0. The molecule has 0 aliphatic heterocycles. The summed E-state index contributed by atoms with van der Waals surface area (Å²) in [4.78, 5) is 23.5. The highest BCUT2D eigenvalue weighted by Crippen LogP contribution is 2.34. The van der Waals surface area contributed by atoms with Gasteiger partial charge in [-0.15, -0.1) is 0 Å². The van der Waals surface area contributed by atoms with Gasteiger partial charge in [-0.3, -0.25) is 9.59 Å². The van der Waals surface area contributed by atoms with E-state index in [0.29, 0.717) is 0 Å². The molecule has 1 aromatic carbocycles. The summed E-state index contributed by atoms with van der Waals surface area (Å²) in [5.41, 5.74) is 4.66. The molecule has 0 fully saturated rings. The molecule has 0 radical (unpaired) electrons. The van der Waals surface area contributed by atoms with Gasteiger partial charge in [0.1, 0.15) is 5.75 Å². The number of ether oxygens (including phenoxy) is 1. The zero-order valence-corrected chi connectivity index (χ0v) is 15.8. The summed E-state index contributed by atoms with van der Waals surface area (Å²) in [5, 5.41) is 4.72. The summed E-state index contributed by atoms with van der Waals surface area (Å²) in [6, 6.07) is 2.82. The van der Waals surface area contributed by atoms with E-state index < -0.39 is 29.6 Å². The fourth-order valence-electron chi connectivity index (χ4n) is 2.16. The lowest BCUT2D eigenvalue weighted by Gasteiger charge is -2.17. The lowest BCUT2D eigenvalue weighted by molar-refractivity contribution is -0.138. The first kappa shape index (κ1) is 22.8. The van der Waals surface area contributed by atoms with E-state index in [-0.39, 0.29) is 36.4 Å². The van der Waals surface area contributed by atoms with E-state index in [1.807, 2.05) is 0 Å². The van der Waals surface area contributed by atoms with Gasteiger partial charge in [0, 0.05) is 6.54 Å². The molecule has 0 saturated heterocycles. The van der Waals surface area contributed by atoms with Crippen LogP contribution in [0.25, 0.3) is 0 Å². The molecule has 0 heterocycles. The molecular weight excluding hydrogens is 363 g/mol. The molecule has 27 heavy (non-hydrogen) atoms. The lowest BCUT2D eigenvalue weighted by Crippen LogP contribution is -2.47. The fourth-order valence-corrected chi connectivity index (χ4v) is 2.16. The smallest absolute Gasteiger partial charge is 0.416 e. The average Bonchev–Trinajstić information content (AvgIpc) is 2.56. The first-order chi connectivity index (χ1) is 12.4. The standard InChI is InChI=1S/C18H26F3N3O3/c1-10(2)16(22)17(26)24-9-15(25)23-8-12-5-6-13(27-11(3)4)7-14(12)18(19,20)21/h5-7,10-11,16H,8-9,22H2,1-4H3,(H,23,25)(H,24,26)/t16-/m0/s1. The lowest BCUT2D eigenvalue weighted by atomic mass is 10.1. The van der Waals surface area contributed by atoms with E-state index in [0.717, 1.165) is 6.07 Å². The van der Waals surface area contributed by atoms with Crippen LogP contribution in [0, 0.1) is 5.92 Å². The van der Waals surface area contributed by atoms with Crippen molar-refractivity contribution in [2.24, 2.45) is 11.7 Å². The second-order valence-corrected chi connectivity index (χ2v) is 6.75. The van der Waals surface area contributed by atoms with E-state index in [2.05, 4.69) is 10.6 Å². The van der Waals surface area contributed by atoms with Crippen LogP contribution in [0.5, 0.6) is 5.75 Å². The highest BCUT2D eigenvalue weighted by Gasteiger charge is 2.34. The van der Waals surface area contributed by atoms with Crippen molar-refractivity contribution in [2.45, 2.75) is 52.6 Å². The van der Waals surface area contributed by atoms with E-state index >= 15 is 0 Å². The van der Waals surface area contributed by atoms with Crippen molar-refractivity contribution in [1.82, 2.24) is 10.6 Å². The summed E-state index contributed by atoms with van der Waals surface area (Å²) in [5.74, 6) is -1.11. The summed E-state index contributed by atoms with van der Waals surface area (Å²) in [6.45, 7) is 6.24. The van der Waals surface area contributed by atoms with Crippen molar-refractivity contribution in [1.29, 1.82) is 0 Å². The molecule has 0 spiro atoms. The van der Waals surface area contributed by atoms with Crippen molar-refractivity contribution in [3.8, 4) is 5.75 Å². The van der Waals surface area contributed by atoms with Gasteiger partial charge in [0.25, 0.3) is 0 Å². The van der Waals surface area contributed by atoms with Crippen LogP contribution in [-0.2, 0) is 22.3 Å². The number of rotatable bonds is 8. The number of nitrogens with one attached hydrogen (secondary N) is 2. The Balaban J connectivity index is 2.73. The number of alkyl halides is 3. The molecule has 0 unspecified atom stereocenters. The minimum absolute atomic E-state index is 0.0994. The van der Waals surface area contributed by atoms with E-state index in [9.17, 15) is 22.8 Å². The van der Waals surface area contributed by atoms with Crippen LogP contribution >= 0.6 is 0 Å². The number of hydrogen-bond donors (Lipinski definition) is 3. The maximum atomic E-state index is 13.3. The van der Waals surface area contributed by atoms with Gasteiger partial charge < -0.3 is 21.1 Å². The van der Waals surface area contributed by atoms with Gasteiger partial charge in [-0.2, -0.15) is 13.2 Å². The number of carbonyl (C=O) groups is 2. The molecule has 6 nitrogen and oxygen atoms in total. The second-order valence-electron chi connectivity index (χ2n) is 6.75. The van der Waals surface area contributed by atoms with Crippen molar-refractivity contribution >= 4 is 11.8 Å². The Morgan fingerprint density at radius 3 is 2.30 bits per heavy atom. The number of halogens is 3. The molecule has 1 aromatic rings. The third-order valence-corrected chi connectivity index (χ3v) is 3.68. The first-order valence-corrected chi connectivity index (χ1v) is 8.58. The topological polar surface area (TPSA) is 93.5 Å². The zero-order chi connectivity index (χ0) is 20.8. The maximum absolute atomic E-state index is 13.3. The maximum Gasteiger partial charge on any atom is 0.416 e. The third-order valence-electron chi connectivity index (χ3n) is 3.68. The monoisotopic (exact) mass is 389 g/mol. The number of carbonyl (C=O) groups excluding carboxylic acids is 2. The molecule has 9 heteroatoms. The molecule has 0 aliphatic rings. The van der Waals surface area contributed by atoms with Gasteiger partial charge in [0.2, 0.25) is 11.8 Å². The molecule has 1 rings (SSSR count). The SMILES string of the molecule is CC(C)Oc1ccc(CNC(=O)CNC(=O)[C@@H](N)C(C)C)c(C(F)(F)F)c1. The number of amides is 2. The van der Waals surface area contributed by atoms with Crippen LogP contribution in [0.4, 0.5) is 13.2 Å². The minimum atomic E-state index is -4.59. The van der Waals surface area contributed by atoms with E-state index in [1.165, 1.54) is 12.1 Å². The van der Waals surface area contributed by atoms with Crippen LogP contribution in [0.2, 0.25) is 0 Å². The molecule has 152 valence electrons. The molecular formula is C18H26F3N3O3. The molecule has 0 saturated carbocycles. The largest absolute Gasteiger partial charge is 0.491 e. The van der Waals surface area contributed by atoms with Gasteiger partial charge in [-0.25, -0.2) is 0 Å². The highest BCUT2D eigenvalue weighted by molar-refractivity contribution is 5.87. The van der Waals surface area contributed by atoms with Gasteiger partial charge in [-0.05, 0) is 37.5 Å². The average molecular weight is 389 g/mol. The Labute approximate surface area is 156 Å². The highest BCUT2D eigenvalue weighted by atomic mass is 19.4. The predicted molar refractivity (Wildman–Crippen MR) is 94.9 cm³/mol. The van der Waals surface area contributed by atoms with Crippen LogP contribution in [0.1, 0.15) is 38.8 Å². The van der Waals surface area contributed by atoms with Crippen LogP contribution in [0.3, 0.4) is 0 Å². The van der Waals surface area contributed by atoms with Gasteiger partial charge in [0.15, 0.2) is 0 Å². The Morgan fingerprint density at radius 1 is 1.15 bits per heavy atom. The Kier molecular flexibility index (Phi) is 8.08. The summed E-state index contributed by atoms with van der Waals surface area (Å²) in [7, 11) is 0. The molecule has 4 N–H and O–H groups in total. The van der Waals surface area contributed by atoms with Crippen molar-refractivity contribution in [3.05, 3.63) is 29.3 Å². The molecule has 0 bridgehead atoms. The molecule has 1 atom stereocenters. The first-order valence-electron chi connectivity index (χ1n) is 8.58. The minimum Gasteiger partial charge on any atom is -0.491 e. The molecule has 0 aliphatic carbocycles. The van der Waals surface area contributed by atoms with Gasteiger partial charge >= 0.3 is 6.18 Å². The summed E-state index contributed by atoms with van der Waals surface area (Å²) < 4.78 is 45.1. The number of hydrogen-bond acceptors (Lipinski definition) is 4. The second kappa shape index (κ2) is 9.59. The zero-order valence-electron chi connectivity index (χ0n) is 15.8. The Hall–Kier alpha value is -2.29. The fraction of sp³-hybridized carbons (Fsp3) is 0.556. The molecule has 0 aromatic heterocycles. The Morgan fingerprint density at radius 2 is 1.78 bits per heavy atom. The van der Waals surface area contributed by atoms with Gasteiger partial charge in [-0.1, -0.05) is 19.9 Å². The van der Waals surface area contributed by atoms with Crippen molar-refractivity contribution in [2.75, 3.05) is 6.54 Å². The Bertz CT molecular complexity index is 661. The summed E-state index contributed by atoms with van der Waals surface area (Å²) in [6.07, 6.45) is -4.85. The quantitative estimate of drug-likeness (QED) is 0.636. The van der Waals surface area contributed by atoms with Crippen molar-refractivity contribution < 1.29 is 27.5 Å². The van der Waals surface area contributed by atoms with E-state index in [4.69, 9.17) is 10.5 Å². The van der Waals surface area contributed by atoms with Gasteiger partial charge in [0.05, 0.1) is 24.3 Å². The van der Waals surface area contributed by atoms with E-state index in [1.54, 1.807) is 27.7 Å². The van der Waals surface area contributed by atoms with Crippen LogP contribution in [-0.4, -0.2) is 30.5 Å². The predicted octanol–water partition coefficient (Wildman–Crippen LogP) is 2.21. The molecule has 2 amide bonds. The normalized spacial score (nSPS) is 12.8.